The molecule has 0 aliphatic heterocycles. The van der Waals surface area contributed by atoms with Crippen LogP contribution in [0.4, 0.5) is 0 Å². The minimum atomic E-state index is -0.509. The minimum absolute atomic E-state index is 0.0926. The number of hydrogen-bond acceptors (Lipinski definition) is 4. The van der Waals surface area contributed by atoms with Gasteiger partial charge in [-0.3, -0.25) is 0 Å². The molecular formula is C10H17N3O2. The van der Waals surface area contributed by atoms with E-state index in [1.807, 2.05) is 34.6 Å². The smallest absolute Gasteiger partial charge is 0.376 e. The molecule has 0 saturated heterocycles. The van der Waals surface area contributed by atoms with Crippen LogP contribution in [0.25, 0.3) is 0 Å². The van der Waals surface area contributed by atoms with E-state index < -0.39 is 11.6 Å². The molecule has 0 radical (unpaired) electrons. The fraction of sp³-hybridized carbons (Fsp3) is 0.700. The van der Waals surface area contributed by atoms with Gasteiger partial charge in [-0.25, -0.2) is 14.5 Å². The molecule has 0 N–H and O–H groups in total. The van der Waals surface area contributed by atoms with Crippen molar-refractivity contribution in [1.29, 1.82) is 0 Å². The van der Waals surface area contributed by atoms with Gasteiger partial charge in [0.05, 0.1) is 0 Å². The Bertz CT molecular complexity index is 350. The van der Waals surface area contributed by atoms with E-state index in [-0.39, 0.29) is 11.9 Å². The van der Waals surface area contributed by atoms with E-state index in [2.05, 4.69) is 10.1 Å². The standard InChI is InChI=1S/C10H17N3O2/c1-7(2)13-8(11-6-12-13)9(14)15-10(3,4)5/h6-7H,1-5H3. The van der Waals surface area contributed by atoms with Crippen LogP contribution in [0.2, 0.25) is 0 Å². The Kier molecular flexibility index (Phi) is 3.12. The van der Waals surface area contributed by atoms with E-state index in [0.29, 0.717) is 0 Å². The summed E-state index contributed by atoms with van der Waals surface area (Å²) in [5.41, 5.74) is -0.509. The molecule has 0 aliphatic carbocycles. The molecule has 1 aromatic rings. The molecule has 1 heterocycles. The van der Waals surface area contributed by atoms with Crippen molar-refractivity contribution in [3.05, 3.63) is 12.2 Å². The van der Waals surface area contributed by atoms with E-state index in [9.17, 15) is 4.79 Å². The van der Waals surface area contributed by atoms with Crippen molar-refractivity contribution in [1.82, 2.24) is 14.8 Å². The first-order chi connectivity index (χ1) is 6.81. The van der Waals surface area contributed by atoms with Crippen molar-refractivity contribution >= 4 is 5.97 Å². The van der Waals surface area contributed by atoms with E-state index in [1.54, 1.807) is 4.68 Å². The number of esters is 1. The third-order valence-corrected chi connectivity index (χ3v) is 1.64. The number of carbonyl (C=O) groups is 1. The van der Waals surface area contributed by atoms with E-state index in [1.165, 1.54) is 6.33 Å². The highest BCUT2D eigenvalue weighted by Crippen LogP contribution is 2.12. The summed E-state index contributed by atoms with van der Waals surface area (Å²) < 4.78 is 6.76. The first-order valence-corrected chi connectivity index (χ1v) is 4.94. The highest BCUT2D eigenvalue weighted by Gasteiger charge is 2.23. The second-order valence-electron chi connectivity index (χ2n) is 4.62. The zero-order chi connectivity index (χ0) is 11.6. The molecule has 0 amide bonds. The van der Waals surface area contributed by atoms with Gasteiger partial charge < -0.3 is 4.74 Å². The summed E-state index contributed by atoms with van der Waals surface area (Å²) in [6.07, 6.45) is 1.36. The Morgan fingerprint density at radius 3 is 2.53 bits per heavy atom. The lowest BCUT2D eigenvalue weighted by Gasteiger charge is -2.19. The Morgan fingerprint density at radius 1 is 1.47 bits per heavy atom. The third kappa shape index (κ3) is 3.04. The van der Waals surface area contributed by atoms with Gasteiger partial charge in [0.2, 0.25) is 5.82 Å². The normalized spacial score (nSPS) is 11.9. The SMILES string of the molecule is CC(C)n1ncnc1C(=O)OC(C)(C)C. The molecule has 5 heteroatoms. The molecule has 0 aliphatic rings. The summed E-state index contributed by atoms with van der Waals surface area (Å²) in [6.45, 7) is 9.33. The molecule has 0 spiro atoms. The Morgan fingerprint density at radius 2 is 2.07 bits per heavy atom. The summed E-state index contributed by atoms with van der Waals surface area (Å²) in [5.74, 6) is -0.186. The van der Waals surface area contributed by atoms with E-state index >= 15 is 0 Å². The van der Waals surface area contributed by atoms with Crippen molar-refractivity contribution in [3.8, 4) is 0 Å². The number of hydrogen-bond donors (Lipinski definition) is 0. The van der Waals surface area contributed by atoms with Crippen LogP contribution in [0.5, 0.6) is 0 Å². The molecule has 15 heavy (non-hydrogen) atoms. The zero-order valence-corrected chi connectivity index (χ0v) is 9.81. The molecule has 0 atom stereocenters. The molecule has 5 nitrogen and oxygen atoms in total. The van der Waals surface area contributed by atoms with Crippen LogP contribution < -0.4 is 0 Å². The first kappa shape index (κ1) is 11.7. The number of nitrogens with zero attached hydrogens (tertiary/aromatic N) is 3. The van der Waals surface area contributed by atoms with Gasteiger partial charge in [-0.05, 0) is 34.6 Å². The monoisotopic (exact) mass is 211 g/mol. The Labute approximate surface area is 89.5 Å². The number of carbonyl (C=O) groups excluding carboxylic acids is 1. The molecule has 0 bridgehead atoms. The van der Waals surface area contributed by atoms with Crippen molar-refractivity contribution in [2.75, 3.05) is 0 Å². The Hall–Kier alpha value is -1.39. The molecule has 84 valence electrons. The van der Waals surface area contributed by atoms with Gasteiger partial charge >= 0.3 is 5.97 Å². The third-order valence-electron chi connectivity index (χ3n) is 1.64. The molecule has 0 aromatic carbocycles. The largest absolute Gasteiger partial charge is 0.454 e. The molecule has 0 saturated carbocycles. The van der Waals surface area contributed by atoms with Gasteiger partial charge in [-0.2, -0.15) is 5.10 Å². The number of rotatable bonds is 2. The minimum Gasteiger partial charge on any atom is -0.454 e. The van der Waals surface area contributed by atoms with Crippen LogP contribution in [0.15, 0.2) is 6.33 Å². The van der Waals surface area contributed by atoms with Gasteiger partial charge in [0, 0.05) is 6.04 Å². The van der Waals surface area contributed by atoms with Gasteiger partial charge in [-0.1, -0.05) is 0 Å². The van der Waals surface area contributed by atoms with Crippen molar-refractivity contribution in [2.24, 2.45) is 0 Å². The van der Waals surface area contributed by atoms with Crippen LogP contribution in [-0.2, 0) is 4.74 Å². The highest BCUT2D eigenvalue weighted by molar-refractivity contribution is 5.85. The van der Waals surface area contributed by atoms with Crippen LogP contribution >= 0.6 is 0 Å². The Balaban J connectivity index is 2.87. The summed E-state index contributed by atoms with van der Waals surface area (Å²) >= 11 is 0. The van der Waals surface area contributed by atoms with E-state index in [4.69, 9.17) is 4.74 Å². The van der Waals surface area contributed by atoms with Crippen LogP contribution in [0, 0.1) is 0 Å². The fourth-order valence-corrected chi connectivity index (χ4v) is 1.10. The second kappa shape index (κ2) is 4.00. The lowest BCUT2D eigenvalue weighted by atomic mass is 10.2. The van der Waals surface area contributed by atoms with E-state index in [0.717, 1.165) is 0 Å². The molecular weight excluding hydrogens is 194 g/mol. The number of ether oxygens (including phenoxy) is 1. The van der Waals surface area contributed by atoms with Crippen molar-refractivity contribution in [3.63, 3.8) is 0 Å². The lowest BCUT2D eigenvalue weighted by molar-refractivity contribution is 0.00472. The maximum atomic E-state index is 11.7. The fourth-order valence-electron chi connectivity index (χ4n) is 1.10. The van der Waals surface area contributed by atoms with Crippen LogP contribution in [0.3, 0.4) is 0 Å². The van der Waals surface area contributed by atoms with Gasteiger partial charge in [-0.15, -0.1) is 0 Å². The predicted molar refractivity (Wildman–Crippen MR) is 55.6 cm³/mol. The molecule has 0 unspecified atom stereocenters. The summed E-state index contributed by atoms with van der Waals surface area (Å²) in [6, 6.07) is 0.0926. The van der Waals surface area contributed by atoms with Crippen molar-refractivity contribution < 1.29 is 9.53 Å². The summed E-state index contributed by atoms with van der Waals surface area (Å²) in [5, 5.41) is 3.97. The second-order valence-corrected chi connectivity index (χ2v) is 4.62. The zero-order valence-electron chi connectivity index (χ0n) is 9.81. The lowest BCUT2D eigenvalue weighted by Crippen LogP contribution is -2.26. The number of aromatic nitrogens is 3. The average molecular weight is 211 g/mol. The van der Waals surface area contributed by atoms with Crippen LogP contribution in [0.1, 0.15) is 51.3 Å². The summed E-state index contributed by atoms with van der Waals surface area (Å²) in [4.78, 5) is 15.6. The first-order valence-electron chi connectivity index (χ1n) is 4.94. The highest BCUT2D eigenvalue weighted by atomic mass is 16.6. The summed E-state index contributed by atoms with van der Waals surface area (Å²) in [7, 11) is 0. The van der Waals surface area contributed by atoms with Gasteiger partial charge in [0.1, 0.15) is 11.9 Å². The maximum absolute atomic E-state index is 11.7. The maximum Gasteiger partial charge on any atom is 0.376 e. The molecule has 0 fully saturated rings. The average Bonchev–Trinajstić information content (AvgIpc) is 2.47. The van der Waals surface area contributed by atoms with Crippen molar-refractivity contribution in [2.45, 2.75) is 46.3 Å². The quantitative estimate of drug-likeness (QED) is 0.700. The predicted octanol–water partition coefficient (Wildman–Crippen LogP) is 1.81. The molecule has 1 rings (SSSR count). The molecule has 1 aromatic heterocycles. The topological polar surface area (TPSA) is 57.0 Å². The van der Waals surface area contributed by atoms with Crippen LogP contribution in [-0.4, -0.2) is 26.3 Å². The van der Waals surface area contributed by atoms with Gasteiger partial charge in [0.25, 0.3) is 0 Å². The van der Waals surface area contributed by atoms with Gasteiger partial charge in [0.15, 0.2) is 0 Å².